The van der Waals surface area contributed by atoms with E-state index in [1.807, 2.05) is 13.8 Å². The van der Waals surface area contributed by atoms with Gasteiger partial charge in [-0.15, -0.1) is 0 Å². The highest BCUT2D eigenvalue weighted by atomic mass is 16.7. The Morgan fingerprint density at radius 1 is 1.24 bits per heavy atom. The molecule has 0 rings (SSSR count). The van der Waals surface area contributed by atoms with E-state index in [1.54, 1.807) is 0 Å². The van der Waals surface area contributed by atoms with Gasteiger partial charge in [0.1, 0.15) is 0 Å². The SMILES string of the molecule is CCOC(CNC(=O)C(N)CC(N)=O)OCC. The van der Waals surface area contributed by atoms with Gasteiger partial charge in [0, 0.05) is 13.2 Å². The van der Waals surface area contributed by atoms with E-state index >= 15 is 0 Å². The van der Waals surface area contributed by atoms with Crippen molar-refractivity contribution >= 4 is 11.8 Å². The van der Waals surface area contributed by atoms with Gasteiger partial charge in [-0.2, -0.15) is 0 Å². The van der Waals surface area contributed by atoms with Crippen LogP contribution in [0.25, 0.3) is 0 Å². The molecule has 17 heavy (non-hydrogen) atoms. The van der Waals surface area contributed by atoms with Gasteiger partial charge < -0.3 is 26.3 Å². The van der Waals surface area contributed by atoms with Crippen LogP contribution in [0.2, 0.25) is 0 Å². The molecular weight excluding hydrogens is 226 g/mol. The molecule has 0 bridgehead atoms. The molecule has 7 nitrogen and oxygen atoms in total. The van der Waals surface area contributed by atoms with E-state index in [9.17, 15) is 9.59 Å². The van der Waals surface area contributed by atoms with Crippen LogP contribution in [0.3, 0.4) is 0 Å². The van der Waals surface area contributed by atoms with Crippen molar-refractivity contribution in [2.45, 2.75) is 32.6 Å². The minimum absolute atomic E-state index is 0.181. The number of nitrogens with one attached hydrogen (secondary N) is 1. The van der Waals surface area contributed by atoms with Gasteiger partial charge >= 0.3 is 0 Å². The summed E-state index contributed by atoms with van der Waals surface area (Å²) in [6, 6.07) is -0.934. The molecule has 0 aromatic carbocycles. The minimum atomic E-state index is -0.934. The van der Waals surface area contributed by atoms with E-state index in [-0.39, 0.29) is 13.0 Å². The molecular formula is C10H21N3O4. The second-order valence-electron chi connectivity index (χ2n) is 3.36. The first-order valence-corrected chi connectivity index (χ1v) is 5.56. The van der Waals surface area contributed by atoms with Crippen LogP contribution in [0.1, 0.15) is 20.3 Å². The van der Waals surface area contributed by atoms with E-state index in [2.05, 4.69) is 5.32 Å². The summed E-state index contributed by atoms with van der Waals surface area (Å²) in [4.78, 5) is 22.0. The average Bonchev–Trinajstić information content (AvgIpc) is 2.25. The summed E-state index contributed by atoms with van der Waals surface area (Å²) < 4.78 is 10.4. The molecule has 0 aromatic heterocycles. The summed E-state index contributed by atoms with van der Waals surface area (Å²) in [5.41, 5.74) is 10.4. The van der Waals surface area contributed by atoms with Gasteiger partial charge in [-0.1, -0.05) is 0 Å². The van der Waals surface area contributed by atoms with E-state index < -0.39 is 24.1 Å². The van der Waals surface area contributed by atoms with Crippen LogP contribution in [0.5, 0.6) is 0 Å². The van der Waals surface area contributed by atoms with E-state index in [0.717, 1.165) is 0 Å². The van der Waals surface area contributed by atoms with Crippen molar-refractivity contribution in [2.24, 2.45) is 11.5 Å². The molecule has 2 amide bonds. The van der Waals surface area contributed by atoms with Crippen molar-refractivity contribution in [3.63, 3.8) is 0 Å². The lowest BCUT2D eigenvalue weighted by Crippen LogP contribution is -2.46. The maximum Gasteiger partial charge on any atom is 0.237 e. The molecule has 7 heteroatoms. The summed E-state index contributed by atoms with van der Waals surface area (Å²) in [5, 5.41) is 2.54. The molecule has 100 valence electrons. The zero-order valence-corrected chi connectivity index (χ0v) is 10.3. The molecule has 0 aliphatic carbocycles. The number of primary amides is 1. The number of hydrogen-bond acceptors (Lipinski definition) is 5. The van der Waals surface area contributed by atoms with Crippen molar-refractivity contribution in [1.82, 2.24) is 5.32 Å². The highest BCUT2D eigenvalue weighted by molar-refractivity contribution is 5.87. The first kappa shape index (κ1) is 15.8. The molecule has 5 N–H and O–H groups in total. The lowest BCUT2D eigenvalue weighted by Gasteiger charge is -2.18. The van der Waals surface area contributed by atoms with Crippen molar-refractivity contribution in [1.29, 1.82) is 0 Å². The largest absolute Gasteiger partial charge is 0.370 e. The fourth-order valence-electron chi connectivity index (χ4n) is 1.16. The van der Waals surface area contributed by atoms with Crippen LogP contribution < -0.4 is 16.8 Å². The number of carbonyl (C=O) groups is 2. The quantitative estimate of drug-likeness (QED) is 0.438. The summed E-state index contributed by atoms with van der Waals surface area (Å²) in [6.07, 6.45) is -0.686. The number of ether oxygens (including phenoxy) is 2. The Balaban J connectivity index is 3.97. The smallest absolute Gasteiger partial charge is 0.237 e. The Bertz CT molecular complexity index is 242. The molecule has 0 heterocycles. The predicted molar refractivity (Wildman–Crippen MR) is 61.8 cm³/mol. The lowest BCUT2D eigenvalue weighted by molar-refractivity contribution is -0.141. The van der Waals surface area contributed by atoms with Gasteiger partial charge in [-0.05, 0) is 13.8 Å². The van der Waals surface area contributed by atoms with Crippen LogP contribution >= 0.6 is 0 Å². The minimum Gasteiger partial charge on any atom is -0.370 e. The van der Waals surface area contributed by atoms with Crippen LogP contribution in [-0.2, 0) is 19.1 Å². The van der Waals surface area contributed by atoms with Gasteiger partial charge in [0.05, 0.1) is 19.0 Å². The van der Waals surface area contributed by atoms with Crippen molar-refractivity contribution in [3.05, 3.63) is 0 Å². The molecule has 1 unspecified atom stereocenters. The Labute approximate surface area is 101 Å². The topological polar surface area (TPSA) is 117 Å². The number of rotatable bonds is 9. The van der Waals surface area contributed by atoms with Gasteiger partial charge in [0.2, 0.25) is 11.8 Å². The van der Waals surface area contributed by atoms with Crippen LogP contribution in [-0.4, -0.2) is 43.9 Å². The van der Waals surface area contributed by atoms with E-state index in [4.69, 9.17) is 20.9 Å². The second-order valence-corrected chi connectivity index (χ2v) is 3.36. The molecule has 0 aliphatic rings. The van der Waals surface area contributed by atoms with Gasteiger partial charge in [-0.3, -0.25) is 9.59 Å². The third-order valence-electron chi connectivity index (χ3n) is 1.91. The maximum atomic E-state index is 11.4. The van der Waals surface area contributed by atoms with Crippen LogP contribution in [0, 0.1) is 0 Å². The number of amides is 2. The van der Waals surface area contributed by atoms with Gasteiger partial charge in [-0.25, -0.2) is 0 Å². The van der Waals surface area contributed by atoms with Crippen molar-refractivity contribution in [3.8, 4) is 0 Å². The summed E-state index contributed by atoms with van der Waals surface area (Å²) >= 11 is 0. The molecule has 0 spiro atoms. The maximum absolute atomic E-state index is 11.4. The Kier molecular flexibility index (Phi) is 8.29. The Morgan fingerprint density at radius 3 is 2.18 bits per heavy atom. The lowest BCUT2D eigenvalue weighted by atomic mass is 10.2. The first-order chi connectivity index (χ1) is 8.01. The molecule has 0 fully saturated rings. The molecule has 1 atom stereocenters. The predicted octanol–water partition coefficient (Wildman–Crippen LogP) is -1.30. The van der Waals surface area contributed by atoms with Gasteiger partial charge in [0.15, 0.2) is 6.29 Å². The zero-order chi connectivity index (χ0) is 13.3. The first-order valence-electron chi connectivity index (χ1n) is 5.56. The monoisotopic (exact) mass is 247 g/mol. The van der Waals surface area contributed by atoms with Crippen molar-refractivity contribution < 1.29 is 19.1 Å². The summed E-state index contributed by atoms with van der Waals surface area (Å²) in [6.45, 7) is 4.80. The molecule has 0 aliphatic heterocycles. The molecule has 0 saturated heterocycles. The summed E-state index contributed by atoms with van der Waals surface area (Å²) in [7, 11) is 0. The molecule has 0 saturated carbocycles. The number of nitrogens with two attached hydrogens (primary N) is 2. The van der Waals surface area contributed by atoms with Crippen LogP contribution in [0.4, 0.5) is 0 Å². The molecule has 0 aromatic rings. The Morgan fingerprint density at radius 2 is 1.76 bits per heavy atom. The van der Waals surface area contributed by atoms with E-state index in [0.29, 0.717) is 13.2 Å². The normalized spacial score (nSPS) is 12.5. The number of hydrogen-bond donors (Lipinski definition) is 3. The second kappa shape index (κ2) is 8.91. The zero-order valence-electron chi connectivity index (χ0n) is 10.3. The average molecular weight is 247 g/mol. The third kappa shape index (κ3) is 7.67. The Hall–Kier alpha value is -1.18. The van der Waals surface area contributed by atoms with Gasteiger partial charge in [0.25, 0.3) is 0 Å². The fourth-order valence-corrected chi connectivity index (χ4v) is 1.16. The third-order valence-corrected chi connectivity index (χ3v) is 1.91. The fraction of sp³-hybridized carbons (Fsp3) is 0.800. The highest BCUT2D eigenvalue weighted by Gasteiger charge is 2.17. The number of carbonyl (C=O) groups excluding carboxylic acids is 2. The highest BCUT2D eigenvalue weighted by Crippen LogP contribution is 1.94. The van der Waals surface area contributed by atoms with Crippen LogP contribution in [0.15, 0.2) is 0 Å². The summed E-state index contributed by atoms with van der Waals surface area (Å²) in [5.74, 6) is -1.06. The van der Waals surface area contributed by atoms with E-state index in [1.165, 1.54) is 0 Å². The standard InChI is InChI=1S/C10H21N3O4/c1-3-16-9(17-4-2)6-13-10(15)7(11)5-8(12)14/h7,9H,3-6,11H2,1-2H3,(H2,12,14)(H,13,15). The molecule has 0 radical (unpaired) electrons. The van der Waals surface area contributed by atoms with Crippen molar-refractivity contribution in [2.75, 3.05) is 19.8 Å².